The molecule has 0 radical (unpaired) electrons. The van der Waals surface area contributed by atoms with Gasteiger partial charge in [-0.2, -0.15) is 13.2 Å². The van der Waals surface area contributed by atoms with E-state index in [1.807, 2.05) is 60.1 Å². The Kier molecular flexibility index (Phi) is 9.36. The van der Waals surface area contributed by atoms with Crippen LogP contribution in [0.2, 0.25) is 0 Å². The van der Waals surface area contributed by atoms with Crippen LogP contribution >= 0.6 is 0 Å². The summed E-state index contributed by atoms with van der Waals surface area (Å²) >= 11 is 0. The lowest BCUT2D eigenvalue weighted by Gasteiger charge is -2.05. The highest BCUT2D eigenvalue weighted by atomic mass is 19.4. The van der Waals surface area contributed by atoms with E-state index < -0.39 is 12.7 Å². The van der Waals surface area contributed by atoms with Gasteiger partial charge in [0.1, 0.15) is 5.65 Å². The smallest absolute Gasteiger partial charge is 0.400 e. The van der Waals surface area contributed by atoms with E-state index in [1.165, 1.54) is 0 Å². The van der Waals surface area contributed by atoms with E-state index in [2.05, 4.69) is 23.9 Å². The number of benzene rings is 1. The topological polar surface area (TPSA) is 121 Å². The van der Waals surface area contributed by atoms with E-state index in [-0.39, 0.29) is 0 Å². The Morgan fingerprint density at radius 3 is 2.32 bits per heavy atom. The predicted molar refractivity (Wildman–Crippen MR) is 122 cm³/mol. The van der Waals surface area contributed by atoms with Gasteiger partial charge in [-0.1, -0.05) is 12.1 Å². The molecule has 0 aliphatic heterocycles. The maximum atomic E-state index is 10.7. The number of aromatic nitrogens is 2. The zero-order valence-corrected chi connectivity index (χ0v) is 17.2. The normalized spacial score (nSPS) is 11.9. The Labute approximate surface area is 179 Å². The van der Waals surface area contributed by atoms with Gasteiger partial charge in [-0.3, -0.25) is 4.40 Å². The fraction of sp³-hybridized carbons (Fsp3) is 0.136. The summed E-state index contributed by atoms with van der Waals surface area (Å²) in [4.78, 5) is 4.46. The van der Waals surface area contributed by atoms with Crippen molar-refractivity contribution in [2.75, 3.05) is 12.3 Å². The summed E-state index contributed by atoms with van der Waals surface area (Å²) in [6, 6.07) is 11.6. The zero-order chi connectivity index (χ0) is 23.6. The number of nitrogens with two attached hydrogens (primary N) is 4. The van der Waals surface area contributed by atoms with Crippen LogP contribution in [0.5, 0.6) is 0 Å². The Hall–Kier alpha value is -3.72. The number of halogens is 3. The van der Waals surface area contributed by atoms with Crippen LogP contribution in [-0.2, 0) is 0 Å². The minimum absolute atomic E-state index is 0.644. The van der Waals surface area contributed by atoms with Crippen LogP contribution in [0, 0.1) is 0 Å². The number of anilines is 1. The molecule has 0 bridgehead atoms. The van der Waals surface area contributed by atoms with E-state index in [0.717, 1.165) is 28.2 Å². The Morgan fingerprint density at radius 1 is 1.13 bits per heavy atom. The number of alkyl halides is 3. The standard InChI is InChI=1S/C18H19N5.C2H4F3N.C2H4/c1-12(19)5-6-16(21)13-7-8-23-17(11-22-18(23)10-13)14-3-2-4-15(20)9-14;3-2(4,5)1-6;1-2/h2-11H,19-21H2,1H3;1,6H2;1-2H2/b12-5-,16-6-;;. The number of nitrogens with zero attached hydrogens (tertiary/aromatic N) is 2. The second-order valence-electron chi connectivity index (χ2n) is 6.26. The summed E-state index contributed by atoms with van der Waals surface area (Å²) in [5, 5.41) is 0. The molecular formula is C22H27F3N6. The van der Waals surface area contributed by atoms with Crippen molar-refractivity contribution in [3.05, 3.63) is 85.4 Å². The van der Waals surface area contributed by atoms with Crippen molar-refractivity contribution < 1.29 is 13.2 Å². The number of hydrogen-bond acceptors (Lipinski definition) is 5. The van der Waals surface area contributed by atoms with E-state index in [1.54, 1.807) is 12.2 Å². The number of imidazole rings is 1. The van der Waals surface area contributed by atoms with Gasteiger partial charge in [0, 0.05) is 34.4 Å². The van der Waals surface area contributed by atoms with Gasteiger partial charge in [0.25, 0.3) is 0 Å². The average molecular weight is 432 g/mol. The van der Waals surface area contributed by atoms with E-state index in [9.17, 15) is 13.2 Å². The summed E-state index contributed by atoms with van der Waals surface area (Å²) in [5.74, 6) is 0. The van der Waals surface area contributed by atoms with Crippen LogP contribution in [0.25, 0.3) is 22.6 Å². The van der Waals surface area contributed by atoms with Crippen molar-refractivity contribution in [1.29, 1.82) is 0 Å². The van der Waals surface area contributed by atoms with Crippen LogP contribution in [0.1, 0.15) is 12.5 Å². The summed E-state index contributed by atoms with van der Waals surface area (Å²) in [6.07, 6.45) is 3.18. The lowest BCUT2D eigenvalue weighted by atomic mass is 10.1. The van der Waals surface area contributed by atoms with Gasteiger partial charge in [-0.25, -0.2) is 4.98 Å². The molecule has 0 saturated heterocycles. The van der Waals surface area contributed by atoms with Crippen LogP contribution in [0.3, 0.4) is 0 Å². The molecule has 0 atom stereocenters. The fourth-order valence-corrected chi connectivity index (χ4v) is 2.39. The van der Waals surface area contributed by atoms with Gasteiger partial charge in [-0.05, 0) is 43.3 Å². The highest BCUT2D eigenvalue weighted by Crippen LogP contribution is 2.24. The molecule has 2 heterocycles. The largest absolute Gasteiger partial charge is 0.402 e. The van der Waals surface area contributed by atoms with Crippen LogP contribution in [-0.4, -0.2) is 22.1 Å². The van der Waals surface area contributed by atoms with Crippen LogP contribution in [0.4, 0.5) is 18.9 Å². The molecule has 0 saturated carbocycles. The number of hydrogen-bond donors (Lipinski definition) is 4. The van der Waals surface area contributed by atoms with E-state index >= 15 is 0 Å². The number of fused-ring (bicyclic) bond motifs is 1. The minimum Gasteiger partial charge on any atom is -0.402 e. The minimum atomic E-state index is -4.18. The predicted octanol–water partition coefficient (Wildman–Crippen LogP) is 4.06. The molecule has 9 heteroatoms. The highest BCUT2D eigenvalue weighted by Gasteiger charge is 2.23. The van der Waals surface area contributed by atoms with Crippen molar-refractivity contribution in [3.8, 4) is 11.3 Å². The van der Waals surface area contributed by atoms with Gasteiger partial charge in [0.05, 0.1) is 18.4 Å². The lowest BCUT2D eigenvalue weighted by molar-refractivity contribution is -0.118. The molecule has 0 spiro atoms. The van der Waals surface area contributed by atoms with Crippen molar-refractivity contribution >= 4 is 17.0 Å². The number of allylic oxidation sites excluding steroid dienone is 3. The maximum absolute atomic E-state index is 10.7. The molecule has 166 valence electrons. The number of rotatable bonds is 3. The number of pyridine rings is 1. The highest BCUT2D eigenvalue weighted by molar-refractivity contribution is 5.71. The van der Waals surface area contributed by atoms with Gasteiger partial charge in [0.15, 0.2) is 0 Å². The summed E-state index contributed by atoms with van der Waals surface area (Å²) in [5.41, 5.74) is 27.6. The Balaban J connectivity index is 0.000000521. The maximum Gasteiger partial charge on any atom is 0.400 e. The van der Waals surface area contributed by atoms with E-state index in [0.29, 0.717) is 11.4 Å². The second-order valence-corrected chi connectivity index (χ2v) is 6.26. The molecule has 0 fully saturated rings. The Morgan fingerprint density at radius 2 is 1.77 bits per heavy atom. The first-order chi connectivity index (χ1) is 14.6. The van der Waals surface area contributed by atoms with Gasteiger partial charge >= 0.3 is 6.18 Å². The van der Waals surface area contributed by atoms with Gasteiger partial charge in [0.2, 0.25) is 0 Å². The van der Waals surface area contributed by atoms with Gasteiger partial charge < -0.3 is 22.9 Å². The Bertz CT molecular complexity index is 1050. The lowest BCUT2D eigenvalue weighted by Crippen LogP contribution is -2.21. The second kappa shape index (κ2) is 11.5. The zero-order valence-electron chi connectivity index (χ0n) is 17.2. The van der Waals surface area contributed by atoms with Crippen LogP contribution < -0.4 is 22.9 Å². The molecule has 6 nitrogen and oxygen atoms in total. The summed E-state index contributed by atoms with van der Waals surface area (Å²) in [6.45, 7) is 6.59. The van der Waals surface area contributed by atoms with Crippen molar-refractivity contribution in [3.63, 3.8) is 0 Å². The molecule has 3 aromatic rings. The molecule has 31 heavy (non-hydrogen) atoms. The summed E-state index contributed by atoms with van der Waals surface area (Å²) < 4.78 is 34.0. The third kappa shape index (κ3) is 7.90. The van der Waals surface area contributed by atoms with Crippen LogP contribution in [0.15, 0.2) is 79.8 Å². The molecule has 3 rings (SSSR count). The SMILES string of the molecule is C/C(N)=C/C=C(\N)c1ccn2c(-c3cccc(N)c3)cnc2c1.C=C.NCC(F)(F)F. The monoisotopic (exact) mass is 432 g/mol. The van der Waals surface area contributed by atoms with Crippen molar-refractivity contribution in [2.45, 2.75) is 13.1 Å². The average Bonchev–Trinajstić information content (AvgIpc) is 3.16. The third-order valence-corrected chi connectivity index (χ3v) is 3.79. The summed E-state index contributed by atoms with van der Waals surface area (Å²) in [7, 11) is 0. The first kappa shape index (κ1) is 25.3. The molecule has 2 aromatic heterocycles. The van der Waals surface area contributed by atoms with Gasteiger partial charge in [-0.15, -0.1) is 13.2 Å². The molecule has 0 aliphatic carbocycles. The van der Waals surface area contributed by atoms with E-state index in [4.69, 9.17) is 17.2 Å². The number of nitrogen functional groups attached to an aromatic ring is 1. The van der Waals surface area contributed by atoms with Crippen molar-refractivity contribution in [1.82, 2.24) is 9.38 Å². The molecule has 1 aromatic carbocycles. The molecule has 0 aliphatic rings. The quantitative estimate of drug-likeness (QED) is 0.283. The fourth-order valence-electron chi connectivity index (χ4n) is 2.39. The first-order valence-corrected chi connectivity index (χ1v) is 9.10. The first-order valence-electron chi connectivity index (χ1n) is 9.10. The van der Waals surface area contributed by atoms with Crippen molar-refractivity contribution in [2.24, 2.45) is 17.2 Å². The molecule has 0 amide bonds. The molecule has 0 unspecified atom stereocenters. The third-order valence-electron chi connectivity index (χ3n) is 3.79. The molecular weight excluding hydrogens is 405 g/mol. The molecule has 8 N–H and O–H groups in total.